The first-order valence-electron chi connectivity index (χ1n) is 8.87. The second-order valence-electron chi connectivity index (χ2n) is 5.94. The number of halogens is 1. The Bertz CT molecular complexity index is 764. The zero-order valence-electron chi connectivity index (χ0n) is 16.1. The van der Waals surface area contributed by atoms with Gasteiger partial charge in [-0.1, -0.05) is 37.3 Å². The molecule has 0 unspecified atom stereocenters. The van der Waals surface area contributed by atoms with Crippen LogP contribution in [0.4, 0.5) is 5.82 Å². The Morgan fingerprint density at radius 3 is 2.48 bits per heavy atom. The average molecular weight is 481 g/mol. The van der Waals surface area contributed by atoms with Crippen LogP contribution in [-0.2, 0) is 17.8 Å². The smallest absolute Gasteiger partial charge is 0.227 e. The minimum atomic E-state index is -0.0811. The number of hydrogen-bond acceptors (Lipinski definition) is 3. The van der Waals surface area contributed by atoms with Crippen molar-refractivity contribution in [1.82, 2.24) is 15.6 Å². The number of aromatic nitrogens is 1. The Morgan fingerprint density at radius 2 is 1.81 bits per heavy atom. The second-order valence-corrected chi connectivity index (χ2v) is 5.94. The van der Waals surface area contributed by atoms with Gasteiger partial charge in [-0.15, -0.1) is 24.0 Å². The minimum Gasteiger partial charge on any atom is -0.356 e. The molecule has 7 heteroatoms. The van der Waals surface area contributed by atoms with Gasteiger partial charge in [0.25, 0.3) is 0 Å². The lowest BCUT2D eigenvalue weighted by atomic mass is 10.1. The van der Waals surface area contributed by atoms with Crippen molar-refractivity contribution in [2.45, 2.75) is 33.2 Å². The van der Waals surface area contributed by atoms with Crippen LogP contribution in [0.2, 0.25) is 0 Å². The largest absolute Gasteiger partial charge is 0.356 e. The summed E-state index contributed by atoms with van der Waals surface area (Å²) in [5.74, 6) is 1.17. The van der Waals surface area contributed by atoms with Crippen LogP contribution in [0.1, 0.15) is 30.2 Å². The van der Waals surface area contributed by atoms with Crippen molar-refractivity contribution >= 4 is 41.7 Å². The maximum absolute atomic E-state index is 12.0. The number of amides is 1. The van der Waals surface area contributed by atoms with Gasteiger partial charge in [0, 0.05) is 32.3 Å². The molecule has 0 saturated carbocycles. The van der Waals surface area contributed by atoms with Crippen LogP contribution in [0, 0.1) is 6.92 Å². The number of anilines is 1. The molecule has 1 heterocycles. The van der Waals surface area contributed by atoms with E-state index in [0.717, 1.165) is 12.1 Å². The average Bonchev–Trinajstić information content (AvgIpc) is 2.64. The van der Waals surface area contributed by atoms with Gasteiger partial charge in [0.15, 0.2) is 5.96 Å². The molecule has 0 radical (unpaired) electrons. The molecule has 0 aliphatic rings. The van der Waals surface area contributed by atoms with E-state index >= 15 is 0 Å². The number of rotatable bonds is 7. The fraction of sp³-hybridized carbons (Fsp3) is 0.350. The molecular weight excluding hydrogens is 453 g/mol. The molecule has 2 aromatic rings. The third-order valence-electron chi connectivity index (χ3n) is 3.97. The van der Waals surface area contributed by atoms with Crippen molar-refractivity contribution in [3.05, 3.63) is 59.3 Å². The van der Waals surface area contributed by atoms with Crippen molar-refractivity contribution in [1.29, 1.82) is 0 Å². The number of benzene rings is 1. The van der Waals surface area contributed by atoms with Crippen LogP contribution >= 0.6 is 24.0 Å². The molecule has 0 saturated heterocycles. The van der Waals surface area contributed by atoms with E-state index in [1.54, 1.807) is 13.1 Å². The van der Waals surface area contributed by atoms with E-state index in [-0.39, 0.29) is 29.9 Å². The zero-order chi connectivity index (χ0) is 18.8. The molecule has 0 aliphatic carbocycles. The highest BCUT2D eigenvalue weighted by Gasteiger charge is 2.05. The van der Waals surface area contributed by atoms with Gasteiger partial charge in [0.05, 0.1) is 0 Å². The van der Waals surface area contributed by atoms with E-state index in [0.29, 0.717) is 31.3 Å². The number of nitrogens with zero attached hydrogens (tertiary/aromatic N) is 2. The van der Waals surface area contributed by atoms with E-state index in [1.807, 2.05) is 25.1 Å². The Kier molecular flexibility index (Phi) is 10.4. The van der Waals surface area contributed by atoms with Gasteiger partial charge in [0.1, 0.15) is 5.82 Å². The number of guanidine groups is 1. The van der Waals surface area contributed by atoms with E-state index < -0.39 is 0 Å². The SMILES string of the molecule is CCc1ccccc1CNC(=NC)NCCC(=O)Nc1cccc(C)n1.I. The van der Waals surface area contributed by atoms with Gasteiger partial charge < -0.3 is 16.0 Å². The third-order valence-corrected chi connectivity index (χ3v) is 3.97. The number of aliphatic imine (C=N–C) groups is 1. The monoisotopic (exact) mass is 481 g/mol. The van der Waals surface area contributed by atoms with E-state index in [9.17, 15) is 4.79 Å². The van der Waals surface area contributed by atoms with Gasteiger partial charge in [-0.3, -0.25) is 9.79 Å². The Balaban J connectivity index is 0.00000364. The van der Waals surface area contributed by atoms with Crippen molar-refractivity contribution in [3.8, 4) is 0 Å². The fourth-order valence-electron chi connectivity index (χ4n) is 2.59. The number of aryl methyl sites for hydroxylation is 2. The first kappa shape index (κ1) is 22.9. The summed E-state index contributed by atoms with van der Waals surface area (Å²) in [6.07, 6.45) is 1.33. The number of carbonyl (C=O) groups is 1. The van der Waals surface area contributed by atoms with Crippen LogP contribution in [0.15, 0.2) is 47.5 Å². The highest BCUT2D eigenvalue weighted by molar-refractivity contribution is 14.0. The third kappa shape index (κ3) is 7.94. The second kappa shape index (κ2) is 12.3. The lowest BCUT2D eigenvalue weighted by Gasteiger charge is -2.13. The zero-order valence-corrected chi connectivity index (χ0v) is 18.4. The summed E-state index contributed by atoms with van der Waals surface area (Å²) in [4.78, 5) is 20.5. The topological polar surface area (TPSA) is 78.4 Å². The maximum Gasteiger partial charge on any atom is 0.227 e. The molecule has 1 aromatic carbocycles. The van der Waals surface area contributed by atoms with Crippen LogP contribution in [0.3, 0.4) is 0 Å². The predicted molar refractivity (Wildman–Crippen MR) is 122 cm³/mol. The Labute approximate surface area is 178 Å². The number of pyridine rings is 1. The van der Waals surface area contributed by atoms with E-state index in [2.05, 4.69) is 51.0 Å². The minimum absolute atomic E-state index is 0. The van der Waals surface area contributed by atoms with Gasteiger partial charge in [-0.25, -0.2) is 4.98 Å². The lowest BCUT2D eigenvalue weighted by molar-refractivity contribution is -0.116. The predicted octanol–water partition coefficient (Wildman–Crippen LogP) is 3.26. The van der Waals surface area contributed by atoms with Gasteiger partial charge in [0.2, 0.25) is 5.91 Å². The first-order valence-corrected chi connectivity index (χ1v) is 8.87. The van der Waals surface area contributed by atoms with Crippen LogP contribution in [0.5, 0.6) is 0 Å². The van der Waals surface area contributed by atoms with Crippen molar-refractivity contribution in [3.63, 3.8) is 0 Å². The summed E-state index contributed by atoms with van der Waals surface area (Å²) < 4.78 is 0. The number of nitrogens with one attached hydrogen (secondary N) is 3. The molecule has 2 rings (SSSR count). The molecular formula is C20H28IN5O. The quantitative estimate of drug-likeness (QED) is 0.322. The van der Waals surface area contributed by atoms with Gasteiger partial charge in [-0.05, 0) is 36.6 Å². The van der Waals surface area contributed by atoms with E-state index in [1.165, 1.54) is 11.1 Å². The highest BCUT2D eigenvalue weighted by atomic mass is 127. The van der Waals surface area contributed by atoms with Crippen molar-refractivity contribution < 1.29 is 4.79 Å². The maximum atomic E-state index is 12.0. The Hall–Kier alpha value is -2.16. The molecule has 3 N–H and O–H groups in total. The standard InChI is InChI=1S/C20H27N5O.HI/c1-4-16-9-5-6-10-17(16)14-23-20(21-3)22-13-12-19(26)25-18-11-7-8-15(2)24-18;/h5-11H,4,12-14H2,1-3H3,(H2,21,22,23)(H,24,25,26);1H. The van der Waals surface area contributed by atoms with E-state index in [4.69, 9.17) is 0 Å². The molecule has 6 nitrogen and oxygen atoms in total. The summed E-state index contributed by atoms with van der Waals surface area (Å²) in [7, 11) is 1.72. The highest BCUT2D eigenvalue weighted by Crippen LogP contribution is 2.08. The number of hydrogen-bond donors (Lipinski definition) is 3. The molecule has 0 bridgehead atoms. The summed E-state index contributed by atoms with van der Waals surface area (Å²) in [6, 6.07) is 13.9. The summed E-state index contributed by atoms with van der Waals surface area (Å²) in [5, 5.41) is 9.25. The van der Waals surface area contributed by atoms with Crippen molar-refractivity contribution in [2.24, 2.45) is 4.99 Å². The summed E-state index contributed by atoms with van der Waals surface area (Å²) >= 11 is 0. The molecule has 0 fully saturated rings. The lowest BCUT2D eigenvalue weighted by Crippen LogP contribution is -2.38. The Morgan fingerprint density at radius 1 is 1.07 bits per heavy atom. The van der Waals surface area contributed by atoms with Crippen LogP contribution in [0.25, 0.3) is 0 Å². The van der Waals surface area contributed by atoms with Gasteiger partial charge in [-0.2, -0.15) is 0 Å². The van der Waals surface area contributed by atoms with Crippen molar-refractivity contribution in [2.75, 3.05) is 18.9 Å². The number of carbonyl (C=O) groups excluding carboxylic acids is 1. The fourth-order valence-corrected chi connectivity index (χ4v) is 2.59. The molecule has 146 valence electrons. The summed E-state index contributed by atoms with van der Waals surface area (Å²) in [6.45, 7) is 5.23. The molecule has 1 aromatic heterocycles. The van der Waals surface area contributed by atoms with Crippen LogP contribution < -0.4 is 16.0 Å². The summed E-state index contributed by atoms with van der Waals surface area (Å²) in [5.41, 5.74) is 3.44. The molecule has 0 spiro atoms. The molecule has 0 aliphatic heterocycles. The molecule has 1 amide bonds. The van der Waals surface area contributed by atoms with Crippen LogP contribution in [-0.4, -0.2) is 30.4 Å². The first-order chi connectivity index (χ1) is 12.6. The van der Waals surface area contributed by atoms with Gasteiger partial charge >= 0.3 is 0 Å². The normalized spacial score (nSPS) is 10.7. The molecule has 27 heavy (non-hydrogen) atoms. The molecule has 0 atom stereocenters.